The SMILES string of the molecule is C[C@H]1CN(c2cc(-c3n[nH]c4ccc(OC5(C)CC5)cc34)ncn2)CCN1CCN1CCC2(CN(c3ccc4c(c3F)CN(C3CCC(O)NC3=O)C4=O)C2)C(F)(F)C1. The highest BCUT2D eigenvalue weighted by molar-refractivity contribution is 6.02. The second-order valence-electron chi connectivity index (χ2n) is 17.8. The summed E-state index contributed by atoms with van der Waals surface area (Å²) in [6.07, 6.45) is 3.56. The molecule has 312 valence electrons. The molecule has 14 nitrogen and oxygen atoms in total. The van der Waals surface area contributed by atoms with Crippen molar-refractivity contribution in [2.24, 2.45) is 5.41 Å². The van der Waals surface area contributed by atoms with Gasteiger partial charge in [-0.25, -0.2) is 23.1 Å². The fourth-order valence-corrected chi connectivity index (χ4v) is 9.72. The van der Waals surface area contributed by atoms with Crippen LogP contribution in [0.15, 0.2) is 42.7 Å². The molecule has 1 saturated carbocycles. The molecule has 3 N–H and O–H groups in total. The molecule has 4 saturated heterocycles. The summed E-state index contributed by atoms with van der Waals surface area (Å²) in [4.78, 5) is 44.2. The molecule has 1 aliphatic carbocycles. The Kier molecular flexibility index (Phi) is 9.10. The second-order valence-corrected chi connectivity index (χ2v) is 17.8. The first-order chi connectivity index (χ1) is 28.3. The van der Waals surface area contributed by atoms with Crippen LogP contribution < -0.4 is 19.9 Å². The van der Waals surface area contributed by atoms with Gasteiger partial charge in [0.25, 0.3) is 11.8 Å². The van der Waals surface area contributed by atoms with Crippen molar-refractivity contribution < 1.29 is 32.6 Å². The van der Waals surface area contributed by atoms with Gasteiger partial charge in [-0.3, -0.25) is 24.5 Å². The number of rotatable bonds is 9. The van der Waals surface area contributed by atoms with Crippen LogP contribution in [0.4, 0.5) is 24.7 Å². The van der Waals surface area contributed by atoms with Crippen molar-refractivity contribution >= 4 is 34.2 Å². The molecule has 2 aromatic carbocycles. The molecule has 1 spiro atoms. The fraction of sp³-hybridized carbons (Fsp3) is 0.548. The molecule has 59 heavy (non-hydrogen) atoms. The van der Waals surface area contributed by atoms with Crippen molar-refractivity contribution in [2.75, 3.05) is 68.7 Å². The van der Waals surface area contributed by atoms with E-state index >= 15 is 13.2 Å². The van der Waals surface area contributed by atoms with Crippen LogP contribution in [0.3, 0.4) is 0 Å². The van der Waals surface area contributed by atoms with Gasteiger partial charge in [-0.15, -0.1) is 0 Å². The Hall–Kier alpha value is -5.00. The maximum atomic E-state index is 16.0. The molecule has 7 heterocycles. The van der Waals surface area contributed by atoms with Crippen LogP contribution in [0.25, 0.3) is 22.3 Å². The van der Waals surface area contributed by atoms with Gasteiger partial charge in [0.1, 0.15) is 41.5 Å². The summed E-state index contributed by atoms with van der Waals surface area (Å²) in [7, 11) is 0. The average Bonchev–Trinajstić information content (AvgIpc) is 3.60. The Balaban J connectivity index is 0.728. The molecule has 5 fully saturated rings. The topological polar surface area (TPSA) is 146 Å². The number of likely N-dealkylation sites (tertiary alicyclic amines) is 1. The van der Waals surface area contributed by atoms with Crippen LogP contribution in [0.5, 0.6) is 5.75 Å². The number of ether oxygens (including phenoxy) is 1. The van der Waals surface area contributed by atoms with Crippen LogP contribution in [-0.4, -0.2) is 141 Å². The number of hydrogen-bond acceptors (Lipinski definition) is 11. The van der Waals surface area contributed by atoms with Gasteiger partial charge < -0.3 is 29.9 Å². The minimum Gasteiger partial charge on any atom is -0.488 e. The summed E-state index contributed by atoms with van der Waals surface area (Å²) in [6, 6.07) is 10.3. The predicted octanol–water partition coefficient (Wildman–Crippen LogP) is 4.00. The number of benzene rings is 2. The van der Waals surface area contributed by atoms with E-state index in [1.54, 1.807) is 11.2 Å². The quantitative estimate of drug-likeness (QED) is 0.226. The number of aromatic nitrogens is 4. The van der Waals surface area contributed by atoms with Crippen molar-refractivity contribution in [3.05, 3.63) is 59.7 Å². The van der Waals surface area contributed by atoms with Crippen LogP contribution >= 0.6 is 0 Å². The summed E-state index contributed by atoms with van der Waals surface area (Å²) in [6.45, 7) is 7.86. The molecule has 2 aromatic heterocycles. The number of amides is 2. The van der Waals surface area contributed by atoms with E-state index in [1.807, 2.05) is 29.2 Å². The third-order valence-corrected chi connectivity index (χ3v) is 13.7. The number of halogens is 3. The number of fused-ring (bicyclic) bond motifs is 2. The number of alkyl halides is 2. The van der Waals surface area contributed by atoms with E-state index in [0.717, 1.165) is 66.3 Å². The van der Waals surface area contributed by atoms with Gasteiger partial charge in [-0.1, -0.05) is 0 Å². The number of carbonyl (C=O) groups excluding carboxylic acids is 2. The number of aliphatic hydroxyl groups is 1. The van der Waals surface area contributed by atoms with Crippen molar-refractivity contribution in [3.63, 3.8) is 0 Å². The molecule has 5 aliphatic heterocycles. The normalized spacial score (nSPS) is 26.3. The van der Waals surface area contributed by atoms with E-state index in [4.69, 9.17) is 4.74 Å². The molecule has 2 amide bonds. The van der Waals surface area contributed by atoms with Gasteiger partial charge in [-0.2, -0.15) is 5.10 Å². The number of aromatic amines is 1. The first-order valence-corrected chi connectivity index (χ1v) is 20.7. The molecule has 6 aliphatic rings. The number of nitrogens with one attached hydrogen (secondary N) is 2. The maximum absolute atomic E-state index is 16.0. The molecule has 4 aromatic rings. The highest BCUT2D eigenvalue weighted by Gasteiger charge is 2.63. The van der Waals surface area contributed by atoms with Crippen LogP contribution in [-0.2, 0) is 11.3 Å². The van der Waals surface area contributed by atoms with Crippen molar-refractivity contribution in [3.8, 4) is 17.1 Å². The zero-order valence-electron chi connectivity index (χ0n) is 33.3. The largest absolute Gasteiger partial charge is 0.488 e. The highest BCUT2D eigenvalue weighted by atomic mass is 19.3. The number of H-pyrrole nitrogens is 1. The van der Waals surface area contributed by atoms with Crippen molar-refractivity contribution in [1.29, 1.82) is 0 Å². The third kappa shape index (κ3) is 6.74. The van der Waals surface area contributed by atoms with Gasteiger partial charge in [0, 0.05) is 74.4 Å². The summed E-state index contributed by atoms with van der Waals surface area (Å²) >= 11 is 0. The average molecular weight is 815 g/mol. The Morgan fingerprint density at radius 2 is 1.80 bits per heavy atom. The molecule has 17 heteroatoms. The van der Waals surface area contributed by atoms with Crippen molar-refractivity contribution in [2.45, 2.75) is 82.3 Å². The predicted molar refractivity (Wildman–Crippen MR) is 213 cm³/mol. The zero-order chi connectivity index (χ0) is 40.8. The molecule has 3 atom stereocenters. The van der Waals surface area contributed by atoms with E-state index in [2.05, 4.69) is 49.1 Å². The number of piperazine rings is 1. The van der Waals surface area contributed by atoms with Gasteiger partial charge in [-0.05, 0) is 82.8 Å². The first kappa shape index (κ1) is 38.2. The second kappa shape index (κ2) is 14.0. The Bertz CT molecular complexity index is 2310. The van der Waals surface area contributed by atoms with Crippen LogP contribution in [0.2, 0.25) is 0 Å². The Morgan fingerprint density at radius 1 is 0.966 bits per heavy atom. The van der Waals surface area contributed by atoms with E-state index in [-0.39, 0.29) is 67.5 Å². The summed E-state index contributed by atoms with van der Waals surface area (Å²) in [5, 5.41) is 20.8. The molecule has 0 bridgehead atoms. The molecular weight excluding hydrogens is 766 g/mol. The van der Waals surface area contributed by atoms with Crippen LogP contribution in [0.1, 0.15) is 61.9 Å². The number of aliphatic hydroxyl groups excluding tert-OH is 1. The minimum atomic E-state index is -2.96. The zero-order valence-corrected chi connectivity index (χ0v) is 33.3. The lowest BCUT2D eigenvalue weighted by Gasteiger charge is -2.58. The van der Waals surface area contributed by atoms with Crippen molar-refractivity contribution in [1.82, 2.24) is 40.2 Å². The Labute approximate surface area is 339 Å². The lowest BCUT2D eigenvalue weighted by Crippen LogP contribution is -2.70. The highest BCUT2D eigenvalue weighted by Crippen LogP contribution is 2.52. The molecule has 0 radical (unpaired) electrons. The monoisotopic (exact) mass is 814 g/mol. The number of carbonyl (C=O) groups is 2. The van der Waals surface area contributed by atoms with Gasteiger partial charge in [0.15, 0.2) is 5.82 Å². The van der Waals surface area contributed by atoms with E-state index in [0.29, 0.717) is 26.1 Å². The van der Waals surface area contributed by atoms with Gasteiger partial charge >= 0.3 is 0 Å². The number of piperidine rings is 2. The van der Waals surface area contributed by atoms with E-state index in [1.165, 1.54) is 17.0 Å². The molecule has 10 rings (SSSR count). The van der Waals surface area contributed by atoms with Crippen LogP contribution in [0, 0.1) is 11.2 Å². The number of anilines is 2. The standard InChI is InChI=1S/C42H49F3N10O4/c1-25-19-53(34-18-31(46-24-47-34)37-28-17-26(59-40(2)9-10-40)3-5-30(28)49-50-37)16-15-52(25)14-13-51-12-11-41(42(44,45)23-51)21-54(22-41)32-6-4-27-29(36(32)43)20-55(39(27)58)33-7-8-35(56)48-38(33)57/h3-6,17-18,24-25,33,35,56H,7-16,19-23H2,1-2H3,(H,48,57)(H,49,50)/t25-,33?,35?/m0/s1. The lowest BCUT2D eigenvalue weighted by atomic mass is 9.69. The minimum absolute atomic E-state index is 0.0270. The van der Waals surface area contributed by atoms with E-state index in [9.17, 15) is 14.7 Å². The number of hydrogen-bond donors (Lipinski definition) is 3. The van der Waals surface area contributed by atoms with Gasteiger partial charge in [0.05, 0.1) is 35.4 Å². The molecule has 2 unspecified atom stereocenters. The number of nitrogens with zero attached hydrogens (tertiary/aromatic N) is 8. The first-order valence-electron chi connectivity index (χ1n) is 20.7. The smallest absolute Gasteiger partial charge is 0.269 e. The Morgan fingerprint density at radius 3 is 2.56 bits per heavy atom. The maximum Gasteiger partial charge on any atom is 0.269 e. The summed E-state index contributed by atoms with van der Waals surface area (Å²) < 4.78 is 54.2. The van der Waals surface area contributed by atoms with E-state index < -0.39 is 41.2 Å². The lowest BCUT2D eigenvalue weighted by molar-refractivity contribution is -0.180. The van der Waals surface area contributed by atoms with Gasteiger partial charge in [0.2, 0.25) is 5.91 Å². The fourth-order valence-electron chi connectivity index (χ4n) is 9.72. The third-order valence-electron chi connectivity index (χ3n) is 13.7. The molecular formula is C42H49F3N10O4. The summed E-state index contributed by atoms with van der Waals surface area (Å²) in [5.74, 6) is -2.85. The summed E-state index contributed by atoms with van der Waals surface area (Å²) in [5.41, 5.74) is 1.59.